The monoisotopic (exact) mass is 276 g/mol. The van der Waals surface area contributed by atoms with Gasteiger partial charge in [0.2, 0.25) is 0 Å². The molecule has 0 spiro atoms. The number of quaternary nitrogens is 1. The van der Waals surface area contributed by atoms with Crippen molar-refractivity contribution in [3.05, 3.63) is 0 Å². The maximum Gasteiger partial charge on any atom is 0.365 e. The third kappa shape index (κ3) is 2.81. The van der Waals surface area contributed by atoms with E-state index in [0.29, 0.717) is 0 Å². The van der Waals surface area contributed by atoms with Crippen LogP contribution in [0.1, 0.15) is 12.8 Å². The number of rotatable bonds is 8. The van der Waals surface area contributed by atoms with Crippen molar-refractivity contribution in [1.82, 2.24) is 0 Å². The second-order valence-corrected chi connectivity index (χ2v) is 4.64. The van der Waals surface area contributed by atoms with Crippen LogP contribution >= 0.6 is 0 Å². The summed E-state index contributed by atoms with van der Waals surface area (Å²) in [6, 6.07) is 0. The van der Waals surface area contributed by atoms with Crippen molar-refractivity contribution in [1.29, 1.82) is 0 Å². The fraction of sp³-hybridized carbons (Fsp3) is 0.600. The largest absolute Gasteiger partial charge is 0.477 e. The highest BCUT2D eigenvalue weighted by Gasteiger charge is 2.68. The van der Waals surface area contributed by atoms with Gasteiger partial charge in [0, 0.05) is 12.8 Å². The van der Waals surface area contributed by atoms with Crippen LogP contribution in [0.3, 0.4) is 0 Å². The van der Waals surface area contributed by atoms with Crippen LogP contribution in [0.4, 0.5) is 0 Å². The van der Waals surface area contributed by atoms with E-state index in [-0.39, 0.29) is 12.8 Å². The maximum absolute atomic E-state index is 11.3. The first-order chi connectivity index (χ1) is 8.65. The number of carbonyl (C=O) groups is 4. The maximum atomic E-state index is 11.3. The van der Waals surface area contributed by atoms with Gasteiger partial charge >= 0.3 is 23.9 Å². The van der Waals surface area contributed by atoms with Crippen LogP contribution in [0.5, 0.6) is 0 Å². The summed E-state index contributed by atoms with van der Waals surface area (Å²) in [6.07, 6.45) is 0.131. The Labute approximate surface area is 107 Å². The summed E-state index contributed by atoms with van der Waals surface area (Å²) in [4.78, 5) is 43.9. The van der Waals surface area contributed by atoms with Crippen molar-refractivity contribution in [2.24, 2.45) is 0 Å². The van der Waals surface area contributed by atoms with E-state index in [1.807, 2.05) is 0 Å². The molecular weight excluding hydrogens is 262 g/mol. The molecule has 0 bridgehead atoms. The number of hydrogen-bond donors (Lipinski definition) is 4. The van der Waals surface area contributed by atoms with Crippen molar-refractivity contribution >= 4 is 23.9 Å². The van der Waals surface area contributed by atoms with E-state index < -0.39 is 53.5 Å². The van der Waals surface area contributed by atoms with Gasteiger partial charge < -0.3 is 20.4 Å². The molecule has 106 valence electrons. The molecule has 0 unspecified atom stereocenters. The highest BCUT2D eigenvalue weighted by Crippen LogP contribution is 2.47. The minimum absolute atomic E-state index is 0.0656. The van der Waals surface area contributed by atoms with Gasteiger partial charge in [0.05, 0.1) is 0 Å². The molecule has 0 aromatic rings. The van der Waals surface area contributed by atoms with E-state index in [1.54, 1.807) is 0 Å². The lowest BCUT2D eigenvalue weighted by Crippen LogP contribution is -2.66. The van der Waals surface area contributed by atoms with Gasteiger partial charge in [0.15, 0.2) is 25.2 Å². The Hall–Kier alpha value is -2.16. The van der Waals surface area contributed by atoms with Gasteiger partial charge in [-0.2, -0.15) is 0 Å². The van der Waals surface area contributed by atoms with Crippen LogP contribution in [0.25, 0.3) is 0 Å². The lowest BCUT2D eigenvalue weighted by atomic mass is 10.1. The van der Waals surface area contributed by atoms with Crippen molar-refractivity contribution in [2.45, 2.75) is 18.4 Å². The van der Waals surface area contributed by atoms with Crippen LogP contribution in [-0.4, -0.2) is 74.0 Å². The van der Waals surface area contributed by atoms with Crippen molar-refractivity contribution in [3.8, 4) is 0 Å². The number of aliphatic carboxylic acids is 4. The molecule has 9 nitrogen and oxygen atoms in total. The molecule has 0 atom stereocenters. The summed E-state index contributed by atoms with van der Waals surface area (Å²) in [6.45, 7) is -2.57. The second kappa shape index (κ2) is 4.84. The molecule has 0 aromatic carbocycles. The number of hydrogen-bond acceptors (Lipinski definition) is 4. The third-order valence-corrected chi connectivity index (χ3v) is 3.34. The van der Waals surface area contributed by atoms with Crippen LogP contribution in [0, 0.1) is 0 Å². The molecule has 0 amide bonds. The fourth-order valence-electron chi connectivity index (χ4n) is 2.41. The average Bonchev–Trinajstić information content (AvgIpc) is 2.93. The minimum atomic E-state index is -1.63. The van der Waals surface area contributed by atoms with Gasteiger partial charge in [-0.1, -0.05) is 0 Å². The third-order valence-electron chi connectivity index (χ3n) is 3.34. The first-order valence-corrected chi connectivity index (χ1v) is 5.40. The molecule has 1 aliphatic rings. The molecule has 1 saturated carbocycles. The van der Waals surface area contributed by atoms with E-state index in [4.69, 9.17) is 15.3 Å². The van der Waals surface area contributed by atoms with E-state index in [9.17, 15) is 24.3 Å². The molecule has 0 heterocycles. The first-order valence-electron chi connectivity index (χ1n) is 5.40. The van der Waals surface area contributed by atoms with Crippen LogP contribution < -0.4 is 0 Å². The first kappa shape index (κ1) is 14.9. The van der Waals surface area contributed by atoms with Crippen LogP contribution in [-0.2, 0) is 19.2 Å². The van der Waals surface area contributed by atoms with E-state index in [0.717, 1.165) is 0 Å². The molecule has 1 fully saturated rings. The Kier molecular flexibility index (Phi) is 3.80. The van der Waals surface area contributed by atoms with E-state index in [2.05, 4.69) is 0 Å². The number of carboxylic acids is 4. The van der Waals surface area contributed by atoms with Crippen LogP contribution in [0.15, 0.2) is 0 Å². The molecule has 0 aliphatic heterocycles. The molecule has 9 heteroatoms. The smallest absolute Gasteiger partial charge is 0.365 e. The van der Waals surface area contributed by atoms with Crippen molar-refractivity contribution in [2.75, 3.05) is 19.6 Å². The number of carboxylic acid groups (broad SMARTS) is 4. The zero-order valence-corrected chi connectivity index (χ0v) is 9.90. The highest BCUT2D eigenvalue weighted by molar-refractivity contribution is 5.83. The topological polar surface area (TPSA) is 149 Å². The Bertz CT molecular complexity index is 398. The predicted molar refractivity (Wildman–Crippen MR) is 57.4 cm³/mol. The zero-order chi connectivity index (χ0) is 14.8. The lowest BCUT2D eigenvalue weighted by molar-refractivity contribution is -0.933. The molecule has 0 saturated heterocycles. The fourth-order valence-corrected chi connectivity index (χ4v) is 2.41. The molecule has 1 aliphatic carbocycles. The Balaban J connectivity index is 3.25. The quantitative estimate of drug-likeness (QED) is 0.398. The van der Waals surface area contributed by atoms with Gasteiger partial charge in [0.25, 0.3) is 0 Å². The summed E-state index contributed by atoms with van der Waals surface area (Å²) in [5.41, 5.74) is -1.63. The standard InChI is InChI=1S/C10H13NO8/c12-6(13)3-11(4-7(14)15,5-8(16)17)10(1-2-10)9(18)19/h1-5H2,(H3-,12,13,14,15,16,17,18,19)/p+1. The summed E-state index contributed by atoms with van der Waals surface area (Å²) in [5, 5.41) is 35.7. The normalized spacial score (nSPS) is 16.6. The number of nitrogens with zero attached hydrogens (tertiary/aromatic N) is 1. The average molecular weight is 276 g/mol. The zero-order valence-electron chi connectivity index (χ0n) is 9.90. The van der Waals surface area contributed by atoms with Gasteiger partial charge in [-0.25, -0.2) is 19.2 Å². The molecule has 0 aromatic heterocycles. The lowest BCUT2D eigenvalue weighted by Gasteiger charge is -2.39. The molecule has 19 heavy (non-hydrogen) atoms. The van der Waals surface area contributed by atoms with Crippen molar-refractivity contribution < 1.29 is 44.1 Å². The summed E-state index contributed by atoms with van der Waals surface area (Å²) >= 11 is 0. The minimum Gasteiger partial charge on any atom is -0.477 e. The Morgan fingerprint density at radius 2 is 1.11 bits per heavy atom. The van der Waals surface area contributed by atoms with E-state index >= 15 is 0 Å². The summed E-state index contributed by atoms with van der Waals surface area (Å²) in [7, 11) is 0. The molecular formula is C10H14NO8+. The van der Waals surface area contributed by atoms with Gasteiger partial charge in [-0.3, -0.25) is 4.48 Å². The highest BCUT2D eigenvalue weighted by atomic mass is 16.4. The van der Waals surface area contributed by atoms with Crippen molar-refractivity contribution in [3.63, 3.8) is 0 Å². The predicted octanol–water partition coefficient (Wildman–Crippen LogP) is -1.33. The Morgan fingerprint density at radius 3 is 1.26 bits per heavy atom. The van der Waals surface area contributed by atoms with Gasteiger partial charge in [0.1, 0.15) is 0 Å². The van der Waals surface area contributed by atoms with Crippen LogP contribution in [0.2, 0.25) is 0 Å². The molecule has 1 rings (SSSR count). The summed E-state index contributed by atoms with van der Waals surface area (Å²) in [5.74, 6) is -5.67. The second-order valence-electron chi connectivity index (χ2n) is 4.64. The van der Waals surface area contributed by atoms with Gasteiger partial charge in [-0.15, -0.1) is 0 Å². The Morgan fingerprint density at radius 1 is 0.789 bits per heavy atom. The van der Waals surface area contributed by atoms with E-state index in [1.165, 1.54) is 0 Å². The summed E-state index contributed by atoms with van der Waals surface area (Å²) < 4.78 is -1.01. The SMILES string of the molecule is O=C(O)C[N+](CC(=O)O)(CC(=O)O)C1(C(=O)O)CC1. The molecule has 4 N–H and O–H groups in total. The van der Waals surface area contributed by atoms with Gasteiger partial charge in [-0.05, 0) is 0 Å². The molecule has 0 radical (unpaired) electrons.